The third kappa shape index (κ3) is 3.72. The number of aryl methyl sites for hydroxylation is 3. The zero-order valence-corrected chi connectivity index (χ0v) is 16.4. The van der Waals surface area contributed by atoms with E-state index in [9.17, 15) is 4.79 Å². The van der Waals surface area contributed by atoms with E-state index in [0.29, 0.717) is 12.2 Å². The number of hydrogen-bond donors (Lipinski definition) is 0. The molecule has 0 spiro atoms. The molecule has 3 aromatic rings. The molecule has 0 aliphatic rings. The number of fused-ring (bicyclic) bond motifs is 1. The van der Waals surface area contributed by atoms with Gasteiger partial charge in [-0.1, -0.05) is 24.3 Å². The number of amides is 1. The zero-order valence-electron chi connectivity index (χ0n) is 14.7. The second-order valence-electron chi connectivity index (χ2n) is 5.63. The summed E-state index contributed by atoms with van der Waals surface area (Å²) in [6, 6.07) is 8.23. The highest BCUT2D eigenvalue weighted by Crippen LogP contribution is 2.20. The van der Waals surface area contributed by atoms with Crippen LogP contribution >= 0.6 is 23.1 Å². The number of thioether (sulfide) groups is 1. The molecule has 132 valence electrons. The average Bonchev–Trinajstić information content (AvgIpc) is 3.23. The van der Waals surface area contributed by atoms with E-state index < -0.39 is 0 Å². The van der Waals surface area contributed by atoms with Crippen LogP contribution in [0.1, 0.15) is 29.9 Å². The van der Waals surface area contributed by atoms with Crippen LogP contribution in [0, 0.1) is 0 Å². The van der Waals surface area contributed by atoms with Gasteiger partial charge in [-0.3, -0.25) is 9.48 Å². The summed E-state index contributed by atoms with van der Waals surface area (Å²) in [4.78, 5) is 17.8. The van der Waals surface area contributed by atoms with E-state index in [1.165, 1.54) is 10.3 Å². The van der Waals surface area contributed by atoms with Crippen LogP contribution in [-0.4, -0.2) is 32.3 Å². The Kier molecular flexibility index (Phi) is 5.75. The van der Waals surface area contributed by atoms with E-state index in [2.05, 4.69) is 46.0 Å². The maximum absolute atomic E-state index is 12.6. The summed E-state index contributed by atoms with van der Waals surface area (Å²) in [6.45, 7) is 5.61. The first kappa shape index (κ1) is 17.9. The summed E-state index contributed by atoms with van der Waals surface area (Å²) in [6.07, 6.45) is 4.73. The smallest absolute Gasteiger partial charge is 0.297 e. The molecular weight excluding hydrogens is 352 g/mol. The Morgan fingerprint density at radius 3 is 2.88 bits per heavy atom. The molecule has 1 aromatic carbocycles. The maximum atomic E-state index is 12.6. The molecule has 5 nitrogen and oxygen atoms in total. The largest absolute Gasteiger partial charge is 0.316 e. The van der Waals surface area contributed by atoms with Crippen molar-refractivity contribution >= 4 is 39.2 Å². The molecule has 0 radical (unpaired) electrons. The lowest BCUT2D eigenvalue weighted by molar-refractivity contribution is 0.0987. The number of carbonyl (C=O) groups excluding carboxylic acids is 1. The molecule has 2 aromatic heterocycles. The first-order valence-electron chi connectivity index (χ1n) is 8.40. The van der Waals surface area contributed by atoms with E-state index in [1.807, 2.05) is 6.92 Å². The van der Waals surface area contributed by atoms with Crippen LogP contribution in [0.2, 0.25) is 0 Å². The van der Waals surface area contributed by atoms with Crippen LogP contribution in [0.25, 0.3) is 10.2 Å². The Hall–Kier alpha value is -1.86. The number of carbonyl (C=O) groups is 1. The molecule has 2 heterocycles. The second kappa shape index (κ2) is 8.01. The van der Waals surface area contributed by atoms with Gasteiger partial charge in [0.25, 0.3) is 5.91 Å². The minimum atomic E-state index is -0.237. The van der Waals surface area contributed by atoms with Gasteiger partial charge in [0.05, 0.1) is 10.2 Å². The molecule has 3 rings (SSSR count). The first-order valence-corrected chi connectivity index (χ1v) is 10.6. The van der Waals surface area contributed by atoms with E-state index in [-0.39, 0.29) is 5.91 Å². The van der Waals surface area contributed by atoms with Crippen molar-refractivity contribution in [3.63, 3.8) is 0 Å². The Labute approximate surface area is 155 Å². The maximum Gasteiger partial charge on any atom is 0.297 e. The number of rotatable bonds is 6. The van der Waals surface area contributed by atoms with Gasteiger partial charge in [-0.15, -0.1) is 0 Å². The molecule has 7 heteroatoms. The molecule has 25 heavy (non-hydrogen) atoms. The Morgan fingerprint density at radius 2 is 2.16 bits per heavy atom. The summed E-state index contributed by atoms with van der Waals surface area (Å²) in [5, 5.41) is 4.16. The minimum absolute atomic E-state index is 0.237. The Bertz CT molecular complexity index is 952. The molecule has 0 saturated heterocycles. The number of benzene rings is 1. The summed E-state index contributed by atoms with van der Waals surface area (Å²) in [7, 11) is 0. The van der Waals surface area contributed by atoms with E-state index >= 15 is 0 Å². The van der Waals surface area contributed by atoms with Crippen LogP contribution in [0.4, 0.5) is 0 Å². The first-order chi connectivity index (χ1) is 12.2. The molecule has 0 fully saturated rings. The van der Waals surface area contributed by atoms with Crippen molar-refractivity contribution in [3.05, 3.63) is 46.5 Å². The third-order valence-corrected chi connectivity index (χ3v) is 5.74. The van der Waals surface area contributed by atoms with Crippen LogP contribution in [-0.2, 0) is 19.5 Å². The zero-order chi connectivity index (χ0) is 17.8. The van der Waals surface area contributed by atoms with Crippen molar-refractivity contribution in [2.45, 2.75) is 33.4 Å². The van der Waals surface area contributed by atoms with Gasteiger partial charge in [-0.25, -0.2) is 0 Å². The van der Waals surface area contributed by atoms with E-state index in [1.54, 1.807) is 40.0 Å². The predicted octanol–water partition coefficient (Wildman–Crippen LogP) is 3.59. The monoisotopic (exact) mass is 374 g/mol. The topological polar surface area (TPSA) is 52.2 Å². The minimum Gasteiger partial charge on any atom is -0.316 e. The third-order valence-electron chi connectivity index (χ3n) is 4.11. The predicted molar refractivity (Wildman–Crippen MR) is 105 cm³/mol. The average molecular weight is 375 g/mol. The summed E-state index contributed by atoms with van der Waals surface area (Å²) >= 11 is 3.37. The fraction of sp³-hybridized carbons (Fsp3) is 0.389. The molecule has 0 unspecified atom stereocenters. The molecule has 0 N–H and O–H groups in total. The van der Waals surface area contributed by atoms with Crippen LogP contribution in [0.3, 0.4) is 0 Å². The van der Waals surface area contributed by atoms with Gasteiger partial charge in [0, 0.05) is 25.0 Å². The molecule has 0 saturated carbocycles. The lowest BCUT2D eigenvalue weighted by Crippen LogP contribution is -2.19. The Morgan fingerprint density at radius 1 is 1.32 bits per heavy atom. The lowest BCUT2D eigenvalue weighted by Gasteiger charge is -2.04. The molecule has 0 aliphatic heterocycles. The number of hydrogen-bond acceptors (Lipinski definition) is 4. The highest BCUT2D eigenvalue weighted by molar-refractivity contribution is 7.98. The van der Waals surface area contributed by atoms with Gasteiger partial charge in [-0.2, -0.15) is 21.9 Å². The Balaban J connectivity index is 2.11. The van der Waals surface area contributed by atoms with Gasteiger partial charge in [0.2, 0.25) is 0 Å². The highest BCUT2D eigenvalue weighted by Gasteiger charge is 2.12. The van der Waals surface area contributed by atoms with E-state index in [4.69, 9.17) is 0 Å². The fourth-order valence-electron chi connectivity index (χ4n) is 2.73. The van der Waals surface area contributed by atoms with Gasteiger partial charge in [-0.05, 0) is 43.4 Å². The SMILES string of the molecule is CCc1ccc2c(c1)sc(=NC(=O)c1ccnn1CC)n2CCSC. The van der Waals surface area contributed by atoms with Gasteiger partial charge in [0.1, 0.15) is 5.69 Å². The van der Waals surface area contributed by atoms with Crippen molar-refractivity contribution in [1.82, 2.24) is 14.3 Å². The fourth-order valence-corrected chi connectivity index (χ4v) is 4.22. The quantitative estimate of drug-likeness (QED) is 0.663. The summed E-state index contributed by atoms with van der Waals surface area (Å²) in [5.74, 6) is 0.745. The van der Waals surface area contributed by atoms with Crippen molar-refractivity contribution in [2.24, 2.45) is 4.99 Å². The summed E-state index contributed by atoms with van der Waals surface area (Å²) < 4.78 is 5.01. The van der Waals surface area contributed by atoms with E-state index in [0.717, 1.165) is 29.0 Å². The second-order valence-corrected chi connectivity index (χ2v) is 7.63. The van der Waals surface area contributed by atoms with Crippen molar-refractivity contribution in [1.29, 1.82) is 0 Å². The van der Waals surface area contributed by atoms with Crippen LogP contribution in [0.15, 0.2) is 35.5 Å². The highest BCUT2D eigenvalue weighted by atomic mass is 32.2. The normalized spacial score (nSPS) is 12.2. The van der Waals surface area contributed by atoms with Crippen molar-refractivity contribution in [3.8, 4) is 0 Å². The number of nitrogens with zero attached hydrogens (tertiary/aromatic N) is 4. The number of aromatic nitrogens is 3. The molecule has 1 amide bonds. The van der Waals surface area contributed by atoms with Crippen molar-refractivity contribution in [2.75, 3.05) is 12.0 Å². The van der Waals surface area contributed by atoms with Crippen LogP contribution < -0.4 is 4.80 Å². The number of thiazole rings is 1. The summed E-state index contributed by atoms with van der Waals surface area (Å²) in [5.41, 5.74) is 2.98. The van der Waals surface area contributed by atoms with Gasteiger partial charge >= 0.3 is 0 Å². The molecule has 0 atom stereocenters. The van der Waals surface area contributed by atoms with Crippen molar-refractivity contribution < 1.29 is 4.79 Å². The lowest BCUT2D eigenvalue weighted by atomic mass is 10.2. The molecule has 0 aliphatic carbocycles. The molecular formula is C18H22N4OS2. The standard InChI is InChI=1S/C18H22N4OS2/c1-4-13-6-7-14-16(12-13)25-18(21(14)10-11-24-3)20-17(23)15-8-9-19-22(15)5-2/h6-9,12H,4-5,10-11H2,1-3H3. The molecule has 0 bridgehead atoms. The van der Waals surface area contributed by atoms with Crippen LogP contribution in [0.5, 0.6) is 0 Å². The van der Waals surface area contributed by atoms with Gasteiger partial charge in [0.15, 0.2) is 4.80 Å². The van der Waals surface area contributed by atoms with Gasteiger partial charge < -0.3 is 4.57 Å².